The summed E-state index contributed by atoms with van der Waals surface area (Å²) in [6, 6.07) is 6.53. The minimum absolute atomic E-state index is 1.03. The predicted octanol–water partition coefficient (Wildman–Crippen LogP) is 4.23. The fraction of sp³-hybridized carbons (Fsp3) is 0.381. The Morgan fingerprint density at radius 3 is 2.48 bits per heavy atom. The van der Waals surface area contributed by atoms with Crippen LogP contribution in [0.15, 0.2) is 30.9 Å². The van der Waals surface area contributed by atoms with Crippen LogP contribution < -0.4 is 10.6 Å². The van der Waals surface area contributed by atoms with Gasteiger partial charge < -0.3 is 4.57 Å². The summed E-state index contributed by atoms with van der Waals surface area (Å²) in [4.78, 5) is 4.73. The Hall–Kier alpha value is -2.09. The minimum Gasteiger partial charge on any atom is -0.339 e. The molecule has 0 aliphatic carbocycles. The average Bonchev–Trinajstić information content (AvgIpc) is 2.96. The molecule has 0 N–H and O–H groups in total. The van der Waals surface area contributed by atoms with Crippen LogP contribution in [0.4, 0.5) is 0 Å². The molecule has 0 saturated carbocycles. The molecule has 124 valence electrons. The molecule has 0 amide bonds. The van der Waals surface area contributed by atoms with E-state index in [9.17, 15) is 0 Å². The number of rotatable bonds is 1. The Morgan fingerprint density at radius 1 is 1.17 bits per heavy atom. The summed E-state index contributed by atoms with van der Waals surface area (Å²) in [6.45, 7) is 17.0. The molecule has 0 aromatic carbocycles. The van der Waals surface area contributed by atoms with Crippen molar-refractivity contribution >= 4 is 12.2 Å². The molecule has 1 aliphatic rings. The van der Waals surface area contributed by atoms with E-state index < -0.39 is 0 Å². The topological polar surface area (TPSA) is 17.8 Å². The molecule has 0 radical (unpaired) electrons. The lowest BCUT2D eigenvalue weighted by molar-refractivity contribution is 0.665. The Bertz CT molecular complexity index is 764. The SMILES string of the molecule is C=C/C=c1/cc2n(/c1=C/C)CCc1ccc(C)nc1-2.CC.CC. The second kappa shape index (κ2) is 9.14. The maximum atomic E-state index is 4.73. The first-order chi connectivity index (χ1) is 11.2. The smallest absolute Gasteiger partial charge is 0.0902 e. The number of pyridine rings is 1. The zero-order valence-electron chi connectivity index (χ0n) is 15.5. The quantitative estimate of drug-likeness (QED) is 0.770. The molecule has 0 fully saturated rings. The lowest BCUT2D eigenvalue weighted by Crippen LogP contribution is -2.30. The molecule has 2 aromatic heterocycles. The van der Waals surface area contributed by atoms with E-state index in [1.165, 1.54) is 21.8 Å². The van der Waals surface area contributed by atoms with E-state index in [0.717, 1.165) is 24.4 Å². The van der Waals surface area contributed by atoms with Gasteiger partial charge in [0.25, 0.3) is 0 Å². The van der Waals surface area contributed by atoms with E-state index in [4.69, 9.17) is 4.98 Å². The monoisotopic (exact) mass is 310 g/mol. The van der Waals surface area contributed by atoms with Crippen molar-refractivity contribution in [3.8, 4) is 11.4 Å². The molecule has 23 heavy (non-hydrogen) atoms. The normalized spacial score (nSPS) is 13.1. The summed E-state index contributed by atoms with van der Waals surface area (Å²) >= 11 is 0. The Morgan fingerprint density at radius 2 is 1.87 bits per heavy atom. The first kappa shape index (κ1) is 19.0. The molecule has 0 unspecified atom stereocenters. The van der Waals surface area contributed by atoms with Crippen molar-refractivity contribution in [2.24, 2.45) is 0 Å². The third-order valence-electron chi connectivity index (χ3n) is 3.71. The summed E-state index contributed by atoms with van der Waals surface area (Å²) in [7, 11) is 0. The molecular formula is C21H30N2. The second-order valence-corrected chi connectivity index (χ2v) is 4.92. The summed E-state index contributed by atoms with van der Waals surface area (Å²) in [5.74, 6) is 0. The van der Waals surface area contributed by atoms with Crippen molar-refractivity contribution < 1.29 is 0 Å². The van der Waals surface area contributed by atoms with Crippen LogP contribution in [0.2, 0.25) is 0 Å². The first-order valence-electron chi connectivity index (χ1n) is 8.70. The third-order valence-corrected chi connectivity index (χ3v) is 3.71. The second-order valence-electron chi connectivity index (χ2n) is 4.92. The van der Waals surface area contributed by atoms with Gasteiger partial charge in [-0.05, 0) is 43.2 Å². The summed E-state index contributed by atoms with van der Waals surface area (Å²) in [5.41, 5.74) is 4.79. The molecule has 3 heterocycles. The van der Waals surface area contributed by atoms with Crippen LogP contribution in [0.25, 0.3) is 23.5 Å². The van der Waals surface area contributed by atoms with E-state index in [2.05, 4.69) is 48.4 Å². The minimum atomic E-state index is 1.03. The Balaban J connectivity index is 0.000000615. The van der Waals surface area contributed by atoms with Gasteiger partial charge in [0.1, 0.15) is 0 Å². The molecule has 3 rings (SSSR count). The van der Waals surface area contributed by atoms with Crippen molar-refractivity contribution in [1.29, 1.82) is 0 Å². The van der Waals surface area contributed by atoms with Gasteiger partial charge in [-0.3, -0.25) is 4.98 Å². The number of allylic oxidation sites excluding steroid dienone is 1. The van der Waals surface area contributed by atoms with Gasteiger partial charge in [0, 0.05) is 17.6 Å². The first-order valence-corrected chi connectivity index (χ1v) is 8.70. The standard InChI is InChI=1S/C17H18N2.2C2H6/c1-4-6-14-11-16-17-13(8-7-12(3)18-17)9-10-19(16)15(14)5-2;2*1-2/h4-8,11H,1,9-10H2,2-3H3;2*1-2H3/b14-6-,15-5+;;. The maximum absolute atomic E-state index is 4.73. The number of hydrogen-bond donors (Lipinski definition) is 0. The number of fused-ring (bicyclic) bond motifs is 3. The van der Waals surface area contributed by atoms with Crippen molar-refractivity contribution in [1.82, 2.24) is 9.55 Å². The predicted molar refractivity (Wildman–Crippen MR) is 103 cm³/mol. The average molecular weight is 310 g/mol. The van der Waals surface area contributed by atoms with Gasteiger partial charge in [-0.2, -0.15) is 0 Å². The van der Waals surface area contributed by atoms with E-state index in [0.29, 0.717) is 0 Å². The lowest BCUT2D eigenvalue weighted by atomic mass is 10.0. The van der Waals surface area contributed by atoms with Crippen molar-refractivity contribution in [2.75, 3.05) is 0 Å². The zero-order valence-corrected chi connectivity index (χ0v) is 15.5. The lowest BCUT2D eigenvalue weighted by Gasteiger charge is -2.19. The maximum Gasteiger partial charge on any atom is 0.0902 e. The van der Waals surface area contributed by atoms with Crippen molar-refractivity contribution in [3.05, 3.63) is 52.7 Å². The molecule has 2 aromatic rings. The largest absolute Gasteiger partial charge is 0.339 e. The highest BCUT2D eigenvalue weighted by Gasteiger charge is 2.18. The summed E-state index contributed by atoms with van der Waals surface area (Å²) < 4.78 is 2.37. The van der Waals surface area contributed by atoms with Crippen molar-refractivity contribution in [2.45, 2.75) is 54.5 Å². The van der Waals surface area contributed by atoms with Crippen LogP contribution in [0, 0.1) is 6.92 Å². The van der Waals surface area contributed by atoms with Gasteiger partial charge in [-0.15, -0.1) is 0 Å². The van der Waals surface area contributed by atoms with Gasteiger partial charge in [-0.25, -0.2) is 0 Å². The van der Waals surface area contributed by atoms with E-state index in [1.54, 1.807) is 0 Å². The Labute approximate surface area is 140 Å². The molecule has 0 spiro atoms. The zero-order chi connectivity index (χ0) is 17.4. The van der Waals surface area contributed by atoms with Crippen LogP contribution in [-0.2, 0) is 13.0 Å². The molecule has 2 nitrogen and oxygen atoms in total. The number of hydrogen-bond acceptors (Lipinski definition) is 1. The highest BCUT2D eigenvalue weighted by molar-refractivity contribution is 5.63. The molecule has 0 bridgehead atoms. The molecular weight excluding hydrogens is 280 g/mol. The molecule has 0 atom stereocenters. The van der Waals surface area contributed by atoms with E-state index >= 15 is 0 Å². The molecule has 0 saturated heterocycles. The van der Waals surface area contributed by atoms with Gasteiger partial charge in [-0.1, -0.05) is 58.6 Å². The van der Waals surface area contributed by atoms with Gasteiger partial charge >= 0.3 is 0 Å². The van der Waals surface area contributed by atoms with Gasteiger partial charge in [0.15, 0.2) is 0 Å². The van der Waals surface area contributed by atoms with Crippen LogP contribution in [0.1, 0.15) is 45.9 Å². The molecule has 2 heteroatoms. The van der Waals surface area contributed by atoms with Crippen molar-refractivity contribution in [3.63, 3.8) is 0 Å². The fourth-order valence-electron chi connectivity index (χ4n) is 2.85. The fourth-order valence-corrected chi connectivity index (χ4v) is 2.85. The number of nitrogens with zero attached hydrogens (tertiary/aromatic N) is 2. The number of aryl methyl sites for hydroxylation is 2. The highest BCUT2D eigenvalue weighted by atomic mass is 15.0. The van der Waals surface area contributed by atoms with Crippen LogP contribution in [-0.4, -0.2) is 9.55 Å². The van der Waals surface area contributed by atoms with E-state index in [1.807, 2.05) is 40.7 Å². The number of aromatic nitrogens is 2. The van der Waals surface area contributed by atoms with Crippen LogP contribution in [0.3, 0.4) is 0 Å². The van der Waals surface area contributed by atoms with Crippen LogP contribution in [0.5, 0.6) is 0 Å². The van der Waals surface area contributed by atoms with Gasteiger partial charge in [0.2, 0.25) is 0 Å². The Kier molecular flexibility index (Phi) is 7.53. The van der Waals surface area contributed by atoms with Gasteiger partial charge in [0.05, 0.1) is 11.4 Å². The third kappa shape index (κ3) is 3.82. The van der Waals surface area contributed by atoms with Crippen LogP contribution >= 0.6 is 0 Å². The molecule has 1 aliphatic heterocycles. The highest BCUT2D eigenvalue weighted by Crippen LogP contribution is 2.25. The summed E-state index contributed by atoms with van der Waals surface area (Å²) in [6.07, 6.45) is 7.13. The van der Waals surface area contributed by atoms with E-state index in [-0.39, 0.29) is 0 Å². The summed E-state index contributed by atoms with van der Waals surface area (Å²) in [5, 5.41) is 2.49.